The SMILES string of the molecule is COC(=O)c1cccc2[nH]c(NC(=O)/C=C/c3ccc(OCC#N)cc3)nc12. The minimum Gasteiger partial charge on any atom is -0.479 e. The number of hydrogen-bond acceptors (Lipinski definition) is 6. The Hall–Kier alpha value is -4.12. The van der Waals surface area contributed by atoms with Gasteiger partial charge in [0.2, 0.25) is 5.95 Å². The molecule has 0 aliphatic rings. The van der Waals surface area contributed by atoms with Crippen molar-refractivity contribution < 1.29 is 19.1 Å². The van der Waals surface area contributed by atoms with E-state index in [4.69, 9.17) is 14.7 Å². The summed E-state index contributed by atoms with van der Waals surface area (Å²) in [4.78, 5) is 31.1. The molecule has 0 saturated carbocycles. The number of para-hydroxylation sites is 1. The molecule has 3 rings (SSSR count). The van der Waals surface area contributed by atoms with Crippen LogP contribution in [0.3, 0.4) is 0 Å². The zero-order chi connectivity index (χ0) is 19.9. The summed E-state index contributed by atoms with van der Waals surface area (Å²) in [7, 11) is 1.30. The number of nitriles is 1. The van der Waals surface area contributed by atoms with Crippen molar-refractivity contribution in [1.29, 1.82) is 5.26 Å². The van der Waals surface area contributed by atoms with E-state index in [-0.39, 0.29) is 18.5 Å². The number of aromatic amines is 1. The molecule has 8 nitrogen and oxygen atoms in total. The third kappa shape index (κ3) is 4.34. The number of nitrogens with one attached hydrogen (secondary N) is 2. The largest absolute Gasteiger partial charge is 0.479 e. The van der Waals surface area contributed by atoms with Crippen LogP contribution in [0, 0.1) is 11.3 Å². The number of rotatable bonds is 6. The van der Waals surface area contributed by atoms with E-state index in [0.29, 0.717) is 22.3 Å². The van der Waals surface area contributed by atoms with Crippen LogP contribution in [0.4, 0.5) is 5.95 Å². The maximum atomic E-state index is 12.1. The average molecular weight is 376 g/mol. The number of esters is 1. The third-order valence-electron chi connectivity index (χ3n) is 3.77. The van der Waals surface area contributed by atoms with Gasteiger partial charge in [0.25, 0.3) is 5.91 Å². The number of benzene rings is 2. The van der Waals surface area contributed by atoms with E-state index in [1.807, 2.05) is 6.07 Å². The maximum absolute atomic E-state index is 12.1. The van der Waals surface area contributed by atoms with Gasteiger partial charge >= 0.3 is 5.97 Å². The molecule has 2 N–H and O–H groups in total. The Kier molecular flexibility index (Phi) is 5.67. The molecule has 3 aromatic rings. The molecule has 0 saturated heterocycles. The van der Waals surface area contributed by atoms with E-state index in [1.54, 1.807) is 48.5 Å². The molecule has 1 heterocycles. The summed E-state index contributed by atoms with van der Waals surface area (Å²) in [5, 5.41) is 11.1. The first kappa shape index (κ1) is 18.7. The number of methoxy groups -OCH3 is 1. The molecular formula is C20H16N4O4. The minimum absolute atomic E-state index is 0.0210. The summed E-state index contributed by atoms with van der Waals surface area (Å²) in [6.45, 7) is -0.0210. The first-order valence-corrected chi connectivity index (χ1v) is 8.26. The summed E-state index contributed by atoms with van der Waals surface area (Å²) in [6.07, 6.45) is 2.99. The normalized spacial score (nSPS) is 10.6. The number of anilines is 1. The van der Waals surface area contributed by atoms with Crippen LogP contribution in [0.15, 0.2) is 48.5 Å². The summed E-state index contributed by atoms with van der Waals surface area (Å²) in [5.74, 6) is -0.0892. The van der Waals surface area contributed by atoms with Crippen molar-refractivity contribution in [1.82, 2.24) is 9.97 Å². The van der Waals surface area contributed by atoms with Crippen LogP contribution in [0.2, 0.25) is 0 Å². The van der Waals surface area contributed by atoms with Crippen LogP contribution < -0.4 is 10.1 Å². The summed E-state index contributed by atoms with van der Waals surface area (Å²) >= 11 is 0. The second-order valence-electron chi connectivity index (χ2n) is 5.62. The van der Waals surface area contributed by atoms with E-state index in [1.165, 1.54) is 13.2 Å². The lowest BCUT2D eigenvalue weighted by atomic mass is 10.2. The molecule has 0 fully saturated rings. The van der Waals surface area contributed by atoms with E-state index in [2.05, 4.69) is 15.3 Å². The number of ether oxygens (including phenoxy) is 2. The number of carbonyl (C=O) groups is 2. The van der Waals surface area contributed by atoms with Crippen LogP contribution >= 0.6 is 0 Å². The number of aromatic nitrogens is 2. The highest BCUT2D eigenvalue weighted by Crippen LogP contribution is 2.19. The molecule has 0 aliphatic carbocycles. The molecule has 1 aromatic heterocycles. The van der Waals surface area contributed by atoms with Crippen LogP contribution in [-0.4, -0.2) is 35.6 Å². The second kappa shape index (κ2) is 8.51. The summed E-state index contributed by atoms with van der Waals surface area (Å²) in [5.41, 5.74) is 2.12. The Balaban J connectivity index is 1.68. The van der Waals surface area contributed by atoms with Crippen molar-refractivity contribution in [2.45, 2.75) is 0 Å². The van der Waals surface area contributed by atoms with Gasteiger partial charge < -0.3 is 14.5 Å². The molecule has 140 valence electrons. The highest BCUT2D eigenvalue weighted by molar-refractivity contribution is 6.04. The summed E-state index contributed by atoms with van der Waals surface area (Å²) in [6, 6.07) is 13.9. The number of carbonyl (C=O) groups excluding carboxylic acids is 2. The molecule has 0 unspecified atom stereocenters. The van der Waals surface area contributed by atoms with Gasteiger partial charge in [-0.15, -0.1) is 0 Å². The lowest BCUT2D eigenvalue weighted by Gasteiger charge is -2.01. The molecular weight excluding hydrogens is 360 g/mol. The monoisotopic (exact) mass is 376 g/mol. The van der Waals surface area contributed by atoms with Crippen molar-refractivity contribution in [2.75, 3.05) is 19.0 Å². The summed E-state index contributed by atoms with van der Waals surface area (Å²) < 4.78 is 9.90. The predicted octanol–water partition coefficient (Wildman–Crippen LogP) is 2.90. The zero-order valence-corrected chi connectivity index (χ0v) is 14.9. The molecule has 8 heteroatoms. The highest BCUT2D eigenvalue weighted by Gasteiger charge is 2.14. The Morgan fingerprint density at radius 3 is 2.75 bits per heavy atom. The van der Waals surface area contributed by atoms with Gasteiger partial charge in [-0.05, 0) is 35.9 Å². The van der Waals surface area contributed by atoms with Gasteiger partial charge in [0.1, 0.15) is 17.3 Å². The first-order valence-electron chi connectivity index (χ1n) is 8.26. The molecule has 0 radical (unpaired) electrons. The van der Waals surface area contributed by atoms with Crippen molar-refractivity contribution in [2.24, 2.45) is 0 Å². The van der Waals surface area contributed by atoms with Gasteiger partial charge in [0.05, 0.1) is 18.2 Å². The lowest BCUT2D eigenvalue weighted by Crippen LogP contribution is -2.09. The van der Waals surface area contributed by atoms with E-state index < -0.39 is 5.97 Å². The van der Waals surface area contributed by atoms with E-state index >= 15 is 0 Å². The quantitative estimate of drug-likeness (QED) is 0.505. The number of amides is 1. The number of nitrogens with zero attached hydrogens (tertiary/aromatic N) is 2. The number of hydrogen-bond donors (Lipinski definition) is 2. The first-order chi connectivity index (χ1) is 13.6. The van der Waals surface area contributed by atoms with Crippen LogP contribution in [-0.2, 0) is 9.53 Å². The Morgan fingerprint density at radius 2 is 2.04 bits per heavy atom. The molecule has 0 atom stereocenters. The average Bonchev–Trinajstić information content (AvgIpc) is 3.13. The highest BCUT2D eigenvalue weighted by atomic mass is 16.5. The Labute approximate surface area is 160 Å². The molecule has 0 spiro atoms. The minimum atomic E-state index is -0.503. The van der Waals surface area contributed by atoms with Crippen LogP contribution in [0.1, 0.15) is 15.9 Å². The number of fused-ring (bicyclic) bond motifs is 1. The van der Waals surface area contributed by atoms with Gasteiger partial charge in [-0.1, -0.05) is 18.2 Å². The maximum Gasteiger partial charge on any atom is 0.340 e. The van der Waals surface area contributed by atoms with E-state index in [0.717, 1.165) is 5.56 Å². The fourth-order valence-electron chi connectivity index (χ4n) is 2.49. The van der Waals surface area contributed by atoms with Crippen LogP contribution in [0.5, 0.6) is 5.75 Å². The smallest absolute Gasteiger partial charge is 0.340 e. The molecule has 28 heavy (non-hydrogen) atoms. The van der Waals surface area contributed by atoms with Crippen molar-refractivity contribution in [3.8, 4) is 11.8 Å². The molecule has 2 aromatic carbocycles. The third-order valence-corrected chi connectivity index (χ3v) is 3.77. The van der Waals surface area contributed by atoms with Crippen molar-refractivity contribution in [3.05, 3.63) is 59.7 Å². The van der Waals surface area contributed by atoms with Crippen molar-refractivity contribution in [3.63, 3.8) is 0 Å². The van der Waals surface area contributed by atoms with E-state index in [9.17, 15) is 9.59 Å². The van der Waals surface area contributed by atoms with Crippen LogP contribution in [0.25, 0.3) is 17.1 Å². The Bertz CT molecular complexity index is 1080. The van der Waals surface area contributed by atoms with Gasteiger partial charge in [-0.25, -0.2) is 9.78 Å². The molecule has 0 bridgehead atoms. The van der Waals surface area contributed by atoms with Gasteiger partial charge in [0, 0.05) is 6.08 Å². The molecule has 0 aliphatic heterocycles. The fourth-order valence-corrected chi connectivity index (χ4v) is 2.49. The molecule has 1 amide bonds. The fraction of sp³-hybridized carbons (Fsp3) is 0.100. The van der Waals surface area contributed by atoms with Crippen molar-refractivity contribution >= 4 is 34.9 Å². The predicted molar refractivity (Wildman–Crippen MR) is 103 cm³/mol. The standard InChI is InChI=1S/C20H16N4O4/c1-27-19(26)15-3-2-4-16-18(15)24-20(22-16)23-17(25)10-7-13-5-8-14(9-6-13)28-12-11-21/h2-10H,12H2,1H3,(H2,22,23,24,25)/b10-7+. The van der Waals surface area contributed by atoms with Gasteiger partial charge in [-0.2, -0.15) is 5.26 Å². The number of imidazole rings is 1. The topological polar surface area (TPSA) is 117 Å². The number of H-pyrrole nitrogens is 1. The lowest BCUT2D eigenvalue weighted by molar-refractivity contribution is -0.111. The van der Waals surface area contributed by atoms with Gasteiger partial charge in [0.15, 0.2) is 6.61 Å². The van der Waals surface area contributed by atoms with Gasteiger partial charge in [-0.3, -0.25) is 10.1 Å². The second-order valence-corrected chi connectivity index (χ2v) is 5.62. The Morgan fingerprint density at radius 1 is 1.25 bits per heavy atom. The zero-order valence-electron chi connectivity index (χ0n) is 14.9.